The van der Waals surface area contributed by atoms with Crippen LogP contribution in [0.25, 0.3) is 6.08 Å². The minimum atomic E-state index is -0.190. The minimum Gasteiger partial charge on any atom is -0.313 e. The zero-order valence-corrected chi connectivity index (χ0v) is 13.7. The van der Waals surface area contributed by atoms with E-state index in [0.717, 1.165) is 18.7 Å². The number of nitrogens with one attached hydrogen (secondary N) is 1. The van der Waals surface area contributed by atoms with Crippen LogP contribution in [0.4, 0.5) is 4.39 Å². The fourth-order valence-electron chi connectivity index (χ4n) is 2.87. The van der Waals surface area contributed by atoms with Crippen LogP contribution in [-0.2, 0) is 0 Å². The average Bonchev–Trinajstić information content (AvgIpc) is 2.48. The van der Waals surface area contributed by atoms with Crippen LogP contribution in [-0.4, -0.2) is 13.1 Å². The van der Waals surface area contributed by atoms with Gasteiger partial charge in [0.25, 0.3) is 0 Å². The molecule has 0 amide bonds. The van der Waals surface area contributed by atoms with Crippen molar-refractivity contribution in [2.24, 2.45) is 5.92 Å². The molecule has 0 radical (unpaired) electrons. The normalized spacial score (nSPS) is 17.4. The van der Waals surface area contributed by atoms with Gasteiger partial charge in [-0.2, -0.15) is 0 Å². The topological polar surface area (TPSA) is 12.0 Å². The molecule has 0 aliphatic heterocycles. The van der Waals surface area contributed by atoms with E-state index in [4.69, 9.17) is 0 Å². The molecule has 0 spiro atoms. The fraction of sp³-hybridized carbons (Fsp3) is 0.529. The van der Waals surface area contributed by atoms with Crippen molar-refractivity contribution in [3.05, 3.63) is 39.6 Å². The molecular weight excluding hydrogens is 317 g/mol. The first-order chi connectivity index (χ1) is 9.70. The van der Waals surface area contributed by atoms with Crippen LogP contribution < -0.4 is 5.32 Å². The third-order valence-corrected chi connectivity index (χ3v) is 4.65. The van der Waals surface area contributed by atoms with E-state index in [9.17, 15) is 4.39 Å². The van der Waals surface area contributed by atoms with Gasteiger partial charge in [-0.1, -0.05) is 43.9 Å². The molecule has 0 bridgehead atoms. The molecule has 0 heterocycles. The van der Waals surface area contributed by atoms with Gasteiger partial charge in [0.15, 0.2) is 0 Å². The molecule has 1 aliphatic carbocycles. The first-order valence-corrected chi connectivity index (χ1v) is 8.36. The van der Waals surface area contributed by atoms with Crippen molar-refractivity contribution in [2.45, 2.75) is 39.0 Å². The van der Waals surface area contributed by atoms with Gasteiger partial charge in [-0.3, -0.25) is 0 Å². The Labute approximate surface area is 129 Å². The molecular formula is C17H23BrFN. The third-order valence-electron chi connectivity index (χ3n) is 4.00. The molecule has 1 aliphatic rings. The fourth-order valence-corrected chi connectivity index (χ4v) is 3.12. The van der Waals surface area contributed by atoms with E-state index in [1.165, 1.54) is 37.7 Å². The van der Waals surface area contributed by atoms with E-state index >= 15 is 0 Å². The van der Waals surface area contributed by atoms with Gasteiger partial charge >= 0.3 is 0 Å². The first-order valence-electron chi connectivity index (χ1n) is 7.57. The summed E-state index contributed by atoms with van der Waals surface area (Å²) in [6.07, 6.45) is 8.73. The van der Waals surface area contributed by atoms with Crippen molar-refractivity contribution in [3.63, 3.8) is 0 Å². The van der Waals surface area contributed by atoms with Crippen LogP contribution in [0.2, 0.25) is 0 Å². The molecule has 3 heteroatoms. The van der Waals surface area contributed by atoms with Crippen LogP contribution in [0.5, 0.6) is 0 Å². The number of halogens is 2. The molecule has 110 valence electrons. The first kappa shape index (κ1) is 15.7. The van der Waals surface area contributed by atoms with Gasteiger partial charge in [0.1, 0.15) is 5.82 Å². The average molecular weight is 340 g/mol. The van der Waals surface area contributed by atoms with Gasteiger partial charge in [0.05, 0.1) is 4.47 Å². The maximum Gasteiger partial charge on any atom is 0.137 e. The molecule has 1 fully saturated rings. The van der Waals surface area contributed by atoms with Gasteiger partial charge in [-0.15, -0.1) is 0 Å². The van der Waals surface area contributed by atoms with E-state index in [-0.39, 0.29) is 5.82 Å². The highest BCUT2D eigenvalue weighted by Gasteiger charge is 2.17. The van der Waals surface area contributed by atoms with Crippen molar-refractivity contribution >= 4 is 22.0 Å². The summed E-state index contributed by atoms with van der Waals surface area (Å²) < 4.78 is 14.2. The Hall–Kier alpha value is -0.670. The standard InChI is InChI=1S/C17H23BrFN/c1-2-20-12-15(14-6-4-3-5-7-14)10-13-8-9-16(18)17(19)11-13/h8-11,14,20H,2-7,12H2,1H3/b15-10-. The Kier molecular flexibility index (Phi) is 6.24. The Morgan fingerprint density at radius 3 is 2.75 bits per heavy atom. The summed E-state index contributed by atoms with van der Waals surface area (Å²) in [7, 11) is 0. The molecule has 0 aromatic heterocycles. The molecule has 1 saturated carbocycles. The van der Waals surface area contributed by atoms with Crippen LogP contribution in [0.1, 0.15) is 44.6 Å². The largest absolute Gasteiger partial charge is 0.313 e. The summed E-state index contributed by atoms with van der Waals surface area (Å²) in [4.78, 5) is 0. The lowest BCUT2D eigenvalue weighted by Gasteiger charge is -2.25. The molecule has 1 N–H and O–H groups in total. The molecule has 1 nitrogen and oxygen atoms in total. The second-order valence-corrected chi connectivity index (χ2v) is 6.36. The maximum atomic E-state index is 13.6. The maximum absolute atomic E-state index is 13.6. The highest BCUT2D eigenvalue weighted by atomic mass is 79.9. The van der Waals surface area contributed by atoms with Gasteiger partial charge < -0.3 is 5.32 Å². The molecule has 2 rings (SSSR count). The van der Waals surface area contributed by atoms with Crippen LogP contribution in [0.15, 0.2) is 28.2 Å². The Morgan fingerprint density at radius 1 is 1.35 bits per heavy atom. The third kappa shape index (κ3) is 4.42. The summed E-state index contributed by atoms with van der Waals surface area (Å²) in [5.41, 5.74) is 2.39. The molecule has 0 saturated heterocycles. The summed E-state index contributed by atoms with van der Waals surface area (Å²) in [5, 5.41) is 3.42. The van der Waals surface area contributed by atoms with Gasteiger partial charge in [0.2, 0.25) is 0 Å². The lowest BCUT2D eigenvalue weighted by molar-refractivity contribution is 0.397. The van der Waals surface area contributed by atoms with Crippen molar-refractivity contribution in [2.75, 3.05) is 13.1 Å². The van der Waals surface area contributed by atoms with Gasteiger partial charge in [-0.05, 0) is 58.9 Å². The molecule has 0 unspecified atom stereocenters. The Balaban J connectivity index is 2.19. The van der Waals surface area contributed by atoms with Crippen molar-refractivity contribution < 1.29 is 4.39 Å². The van der Waals surface area contributed by atoms with Gasteiger partial charge in [0, 0.05) is 6.54 Å². The second kappa shape index (κ2) is 7.94. The molecule has 1 aromatic rings. The summed E-state index contributed by atoms with van der Waals surface area (Å²) >= 11 is 3.21. The Morgan fingerprint density at radius 2 is 2.10 bits per heavy atom. The zero-order chi connectivity index (χ0) is 14.4. The quantitative estimate of drug-likeness (QED) is 0.781. The number of rotatable bonds is 5. The highest BCUT2D eigenvalue weighted by molar-refractivity contribution is 9.10. The lowest BCUT2D eigenvalue weighted by Crippen LogP contribution is -2.22. The number of hydrogen-bond donors (Lipinski definition) is 1. The van der Waals surface area contributed by atoms with E-state index in [1.807, 2.05) is 6.07 Å². The van der Waals surface area contributed by atoms with Crippen LogP contribution in [0.3, 0.4) is 0 Å². The van der Waals surface area contributed by atoms with Crippen LogP contribution in [0, 0.1) is 11.7 Å². The Bertz CT molecular complexity index is 464. The molecule has 0 atom stereocenters. The molecule has 20 heavy (non-hydrogen) atoms. The minimum absolute atomic E-state index is 0.190. The van der Waals surface area contributed by atoms with E-state index in [1.54, 1.807) is 12.1 Å². The van der Waals surface area contributed by atoms with E-state index in [2.05, 4.69) is 34.2 Å². The second-order valence-electron chi connectivity index (χ2n) is 5.51. The predicted molar refractivity (Wildman–Crippen MR) is 87.2 cm³/mol. The van der Waals surface area contributed by atoms with E-state index < -0.39 is 0 Å². The van der Waals surface area contributed by atoms with Crippen LogP contribution >= 0.6 is 15.9 Å². The monoisotopic (exact) mass is 339 g/mol. The van der Waals surface area contributed by atoms with Crippen molar-refractivity contribution in [3.8, 4) is 0 Å². The highest BCUT2D eigenvalue weighted by Crippen LogP contribution is 2.31. The van der Waals surface area contributed by atoms with Crippen molar-refractivity contribution in [1.82, 2.24) is 5.32 Å². The summed E-state index contributed by atoms with van der Waals surface area (Å²) in [5.74, 6) is 0.472. The predicted octanol–water partition coefficient (Wildman–Crippen LogP) is 5.16. The zero-order valence-electron chi connectivity index (χ0n) is 12.1. The van der Waals surface area contributed by atoms with Crippen molar-refractivity contribution in [1.29, 1.82) is 0 Å². The molecule has 1 aromatic carbocycles. The summed E-state index contributed by atoms with van der Waals surface area (Å²) in [6.45, 7) is 4.01. The summed E-state index contributed by atoms with van der Waals surface area (Å²) in [6, 6.07) is 5.37. The number of likely N-dealkylation sites (N-methyl/N-ethyl adjacent to an activating group) is 1. The van der Waals surface area contributed by atoms with E-state index in [0.29, 0.717) is 10.4 Å². The SMILES string of the molecule is CCNC/C(=C/c1ccc(Br)c(F)c1)C1CCCCC1. The van der Waals surface area contributed by atoms with Gasteiger partial charge in [-0.25, -0.2) is 4.39 Å². The lowest BCUT2D eigenvalue weighted by atomic mass is 9.83. The number of hydrogen-bond acceptors (Lipinski definition) is 1. The number of benzene rings is 1. The smallest absolute Gasteiger partial charge is 0.137 e.